The first-order valence-corrected chi connectivity index (χ1v) is 3.62. The van der Waals surface area contributed by atoms with Crippen LogP contribution in [0.2, 0.25) is 0 Å². The van der Waals surface area contributed by atoms with E-state index in [-0.39, 0.29) is 0 Å². The van der Waals surface area contributed by atoms with Crippen LogP contribution in [0.15, 0.2) is 18.5 Å². The number of hydrogen-bond acceptors (Lipinski definition) is 3. The van der Waals surface area contributed by atoms with Gasteiger partial charge in [0.1, 0.15) is 5.52 Å². The summed E-state index contributed by atoms with van der Waals surface area (Å²) in [4.78, 5) is 21.4. The van der Waals surface area contributed by atoms with Gasteiger partial charge in [-0.1, -0.05) is 0 Å². The van der Waals surface area contributed by atoms with Gasteiger partial charge < -0.3 is 10.7 Å². The van der Waals surface area contributed by atoms with Crippen LogP contribution >= 0.6 is 0 Å². The van der Waals surface area contributed by atoms with E-state index in [1.54, 1.807) is 12.3 Å². The smallest absolute Gasteiger partial charge is 0.317 e. The summed E-state index contributed by atoms with van der Waals surface area (Å²) in [6.07, 6.45) is 3.16. The first-order valence-electron chi connectivity index (χ1n) is 3.62. The van der Waals surface area contributed by atoms with Crippen molar-refractivity contribution in [3.8, 4) is 0 Å². The van der Waals surface area contributed by atoms with Gasteiger partial charge in [0, 0.05) is 6.20 Å². The maximum atomic E-state index is 10.5. The molecule has 0 spiro atoms. The highest BCUT2D eigenvalue weighted by atomic mass is 16.2. The SMILES string of the molecule is NC(=O)Nc1cnc2[nH]ccc2n1. The monoisotopic (exact) mass is 177 g/mol. The van der Waals surface area contributed by atoms with Crippen LogP contribution in [0.5, 0.6) is 0 Å². The van der Waals surface area contributed by atoms with Gasteiger partial charge >= 0.3 is 6.03 Å². The number of amides is 2. The molecule has 0 fully saturated rings. The Morgan fingerprint density at radius 1 is 1.62 bits per heavy atom. The summed E-state index contributed by atoms with van der Waals surface area (Å²) in [7, 11) is 0. The highest BCUT2D eigenvalue weighted by Crippen LogP contribution is 2.09. The van der Waals surface area contributed by atoms with Crippen molar-refractivity contribution in [1.29, 1.82) is 0 Å². The van der Waals surface area contributed by atoms with Crippen LogP contribution in [0, 0.1) is 0 Å². The Balaban J connectivity index is 2.42. The summed E-state index contributed by atoms with van der Waals surface area (Å²) in [6.45, 7) is 0. The lowest BCUT2D eigenvalue weighted by Crippen LogP contribution is -2.20. The Morgan fingerprint density at radius 2 is 2.46 bits per heavy atom. The maximum absolute atomic E-state index is 10.5. The number of hydrogen-bond donors (Lipinski definition) is 3. The number of primary amides is 1. The fourth-order valence-electron chi connectivity index (χ4n) is 1.02. The van der Waals surface area contributed by atoms with E-state index >= 15 is 0 Å². The number of nitrogens with one attached hydrogen (secondary N) is 2. The molecule has 0 aliphatic carbocycles. The van der Waals surface area contributed by atoms with Gasteiger partial charge in [-0.2, -0.15) is 0 Å². The van der Waals surface area contributed by atoms with Crippen molar-refractivity contribution in [1.82, 2.24) is 15.0 Å². The average Bonchev–Trinajstić information content (AvgIpc) is 2.49. The van der Waals surface area contributed by atoms with Crippen LogP contribution in [0.3, 0.4) is 0 Å². The molecule has 2 rings (SSSR count). The summed E-state index contributed by atoms with van der Waals surface area (Å²) < 4.78 is 0. The minimum absolute atomic E-state index is 0.347. The van der Waals surface area contributed by atoms with Gasteiger partial charge in [-0.3, -0.25) is 5.32 Å². The number of urea groups is 1. The minimum Gasteiger partial charge on any atom is -0.351 e. The Morgan fingerprint density at radius 3 is 3.23 bits per heavy atom. The van der Waals surface area contributed by atoms with E-state index in [1.165, 1.54) is 6.20 Å². The summed E-state index contributed by atoms with van der Waals surface area (Å²) in [5.41, 5.74) is 6.28. The zero-order valence-electron chi connectivity index (χ0n) is 6.61. The second-order valence-corrected chi connectivity index (χ2v) is 2.46. The van der Waals surface area contributed by atoms with Gasteiger partial charge in [0.15, 0.2) is 11.5 Å². The lowest BCUT2D eigenvalue weighted by Gasteiger charge is -1.98. The third kappa shape index (κ3) is 1.41. The fourth-order valence-corrected chi connectivity index (χ4v) is 1.02. The number of nitrogens with zero attached hydrogens (tertiary/aromatic N) is 2. The number of carbonyl (C=O) groups is 1. The molecular weight excluding hydrogens is 170 g/mol. The summed E-state index contributed by atoms with van der Waals surface area (Å²) in [5, 5.41) is 2.34. The summed E-state index contributed by atoms with van der Waals surface area (Å²) in [6, 6.07) is 1.11. The second kappa shape index (κ2) is 2.74. The Bertz CT molecular complexity index is 449. The molecule has 2 aromatic heterocycles. The molecule has 2 aromatic rings. The van der Waals surface area contributed by atoms with Crippen LogP contribution in [0.4, 0.5) is 10.6 Å². The molecule has 0 aliphatic rings. The highest BCUT2D eigenvalue weighted by Gasteiger charge is 2.00. The molecule has 0 saturated carbocycles. The number of fused-ring (bicyclic) bond motifs is 1. The second-order valence-electron chi connectivity index (χ2n) is 2.46. The van der Waals surface area contributed by atoms with Gasteiger partial charge in [-0.25, -0.2) is 14.8 Å². The van der Waals surface area contributed by atoms with Crippen LogP contribution < -0.4 is 11.1 Å². The van der Waals surface area contributed by atoms with Crippen LogP contribution in [0.25, 0.3) is 11.2 Å². The molecule has 13 heavy (non-hydrogen) atoms. The highest BCUT2D eigenvalue weighted by molar-refractivity contribution is 5.87. The predicted octanol–water partition coefficient (Wildman–Crippen LogP) is 0.449. The molecule has 4 N–H and O–H groups in total. The molecule has 2 amide bonds. The summed E-state index contributed by atoms with van der Waals surface area (Å²) in [5.74, 6) is 0.347. The molecule has 0 atom stereocenters. The van der Waals surface area contributed by atoms with E-state index in [9.17, 15) is 4.79 Å². The van der Waals surface area contributed by atoms with Gasteiger partial charge in [0.25, 0.3) is 0 Å². The summed E-state index contributed by atoms with van der Waals surface area (Å²) >= 11 is 0. The molecule has 6 nitrogen and oxygen atoms in total. The molecule has 0 unspecified atom stereocenters. The molecule has 0 bridgehead atoms. The average molecular weight is 177 g/mol. The molecular formula is C7H7N5O. The van der Waals surface area contributed by atoms with E-state index in [1.807, 2.05) is 0 Å². The van der Waals surface area contributed by atoms with Crippen molar-refractivity contribution in [2.45, 2.75) is 0 Å². The van der Waals surface area contributed by atoms with Gasteiger partial charge in [0.2, 0.25) is 0 Å². The number of rotatable bonds is 1. The third-order valence-electron chi connectivity index (χ3n) is 1.51. The van der Waals surface area contributed by atoms with E-state index in [2.05, 4.69) is 20.3 Å². The molecule has 0 aromatic carbocycles. The van der Waals surface area contributed by atoms with Gasteiger partial charge in [-0.15, -0.1) is 0 Å². The number of aromatic nitrogens is 3. The van der Waals surface area contributed by atoms with Crippen molar-refractivity contribution >= 4 is 23.0 Å². The van der Waals surface area contributed by atoms with Crippen LogP contribution in [-0.2, 0) is 0 Å². The van der Waals surface area contributed by atoms with Crippen LogP contribution in [-0.4, -0.2) is 21.0 Å². The normalized spacial score (nSPS) is 10.2. The number of nitrogens with two attached hydrogens (primary N) is 1. The minimum atomic E-state index is -0.649. The van der Waals surface area contributed by atoms with Crippen molar-refractivity contribution in [2.75, 3.05) is 5.32 Å². The Labute approximate surface area is 73.2 Å². The van der Waals surface area contributed by atoms with Crippen LogP contribution in [0.1, 0.15) is 0 Å². The number of carbonyl (C=O) groups excluding carboxylic acids is 1. The fraction of sp³-hybridized carbons (Fsp3) is 0. The van der Waals surface area contributed by atoms with Crippen molar-refractivity contribution < 1.29 is 4.79 Å². The van der Waals surface area contributed by atoms with Gasteiger partial charge in [-0.05, 0) is 6.07 Å². The Hall–Kier alpha value is -2.11. The maximum Gasteiger partial charge on any atom is 0.317 e. The lowest BCUT2D eigenvalue weighted by atomic mass is 10.5. The van der Waals surface area contributed by atoms with E-state index in [0.717, 1.165) is 0 Å². The Kier molecular flexibility index (Phi) is 1.59. The standard InChI is InChI=1S/C7H7N5O/c8-7(13)12-5-3-10-6-4(11-5)1-2-9-6/h1-3H,(H,9,10)(H3,8,11,12,13). The predicted molar refractivity (Wildman–Crippen MR) is 47.1 cm³/mol. The third-order valence-corrected chi connectivity index (χ3v) is 1.51. The van der Waals surface area contributed by atoms with E-state index in [0.29, 0.717) is 17.0 Å². The molecule has 66 valence electrons. The first kappa shape index (κ1) is 7.53. The zero-order chi connectivity index (χ0) is 9.26. The largest absolute Gasteiger partial charge is 0.351 e. The van der Waals surface area contributed by atoms with E-state index < -0.39 is 6.03 Å². The molecule has 0 saturated heterocycles. The van der Waals surface area contributed by atoms with Crippen molar-refractivity contribution in [2.24, 2.45) is 5.73 Å². The quantitative estimate of drug-likeness (QED) is 0.589. The lowest BCUT2D eigenvalue weighted by molar-refractivity contribution is 0.259. The van der Waals surface area contributed by atoms with Gasteiger partial charge in [0.05, 0.1) is 6.20 Å². The zero-order valence-corrected chi connectivity index (χ0v) is 6.61. The number of anilines is 1. The number of H-pyrrole nitrogens is 1. The molecule has 0 aliphatic heterocycles. The first-order chi connectivity index (χ1) is 6.25. The molecule has 6 heteroatoms. The number of aromatic amines is 1. The van der Waals surface area contributed by atoms with Crippen molar-refractivity contribution in [3.63, 3.8) is 0 Å². The topological polar surface area (TPSA) is 96.7 Å². The molecule has 0 radical (unpaired) electrons. The van der Waals surface area contributed by atoms with Crippen molar-refractivity contribution in [3.05, 3.63) is 18.5 Å². The van der Waals surface area contributed by atoms with E-state index in [4.69, 9.17) is 5.73 Å². The molecule has 2 heterocycles.